The molecule has 5 heteroatoms. The van der Waals surface area contributed by atoms with Crippen LogP contribution in [0, 0.1) is 0 Å². The normalized spacial score (nSPS) is 20.0. The Morgan fingerprint density at radius 3 is 3.08 bits per heavy atom. The van der Waals surface area contributed by atoms with Crippen LogP contribution in [-0.2, 0) is 6.54 Å². The fourth-order valence-corrected chi connectivity index (χ4v) is 3.39. The third-order valence-electron chi connectivity index (χ3n) is 4.55. The van der Waals surface area contributed by atoms with E-state index >= 15 is 0 Å². The van der Waals surface area contributed by atoms with Gasteiger partial charge in [-0.1, -0.05) is 18.2 Å². The van der Waals surface area contributed by atoms with E-state index in [4.69, 9.17) is 4.74 Å². The van der Waals surface area contributed by atoms with Crippen molar-refractivity contribution in [3.8, 4) is 5.75 Å². The van der Waals surface area contributed by atoms with Gasteiger partial charge in [-0.25, -0.2) is 4.99 Å². The van der Waals surface area contributed by atoms with Gasteiger partial charge in [-0.05, 0) is 35.8 Å². The molecule has 3 heterocycles. The number of rotatable bonds is 4. The van der Waals surface area contributed by atoms with Crippen LogP contribution in [0.25, 0.3) is 5.70 Å². The van der Waals surface area contributed by atoms with Gasteiger partial charge in [0.05, 0.1) is 19.1 Å². The van der Waals surface area contributed by atoms with Crippen LogP contribution in [0.15, 0.2) is 59.4 Å². The van der Waals surface area contributed by atoms with E-state index < -0.39 is 0 Å². The van der Waals surface area contributed by atoms with Crippen LogP contribution in [0.5, 0.6) is 5.75 Å². The first-order valence-corrected chi connectivity index (χ1v) is 8.14. The minimum Gasteiger partial charge on any atom is -0.497 e. The number of pyridine rings is 1. The fourth-order valence-electron chi connectivity index (χ4n) is 3.39. The molecule has 24 heavy (non-hydrogen) atoms. The summed E-state index contributed by atoms with van der Waals surface area (Å²) in [5.74, 6) is 0.857. The molecule has 0 aliphatic carbocycles. The molecule has 1 fully saturated rings. The van der Waals surface area contributed by atoms with Crippen molar-refractivity contribution in [3.63, 3.8) is 0 Å². The number of benzene rings is 1. The first-order chi connectivity index (χ1) is 11.8. The van der Waals surface area contributed by atoms with E-state index in [1.807, 2.05) is 43.0 Å². The summed E-state index contributed by atoms with van der Waals surface area (Å²) in [6, 6.07) is 12.2. The minimum atomic E-state index is 0.198. The van der Waals surface area contributed by atoms with Crippen molar-refractivity contribution in [2.75, 3.05) is 13.7 Å². The number of aromatic nitrogens is 1. The molecule has 2 aliphatic heterocycles. The number of hydrogen-bond acceptors (Lipinski definition) is 5. The Hall–Kier alpha value is -2.66. The van der Waals surface area contributed by atoms with E-state index in [0.717, 1.165) is 36.5 Å². The third-order valence-corrected chi connectivity index (χ3v) is 4.55. The van der Waals surface area contributed by atoms with Crippen LogP contribution >= 0.6 is 0 Å². The monoisotopic (exact) mass is 320 g/mol. The predicted octanol–water partition coefficient (Wildman–Crippen LogP) is 2.66. The quantitative estimate of drug-likeness (QED) is 0.941. The standard InChI is InChI=1S/C19H20N4O/c1-24-16-6-2-5-15(10-16)18-17-7-9-23(19(17)22-13-21-18)12-14-4-3-8-20-11-14/h2-6,8,10-11,13,19H,7,9,12H2,1H3,(H,21,22). The molecular weight excluding hydrogens is 300 g/mol. The molecule has 1 unspecified atom stereocenters. The van der Waals surface area contributed by atoms with Crippen LogP contribution < -0.4 is 10.1 Å². The largest absolute Gasteiger partial charge is 0.497 e. The van der Waals surface area contributed by atoms with Crippen LogP contribution in [0.2, 0.25) is 0 Å². The van der Waals surface area contributed by atoms with Gasteiger partial charge in [-0.2, -0.15) is 0 Å². The molecule has 1 atom stereocenters. The van der Waals surface area contributed by atoms with Gasteiger partial charge in [0.1, 0.15) is 11.9 Å². The van der Waals surface area contributed by atoms with Gasteiger partial charge in [0.2, 0.25) is 0 Å². The van der Waals surface area contributed by atoms with Crippen molar-refractivity contribution >= 4 is 12.0 Å². The highest BCUT2D eigenvalue weighted by molar-refractivity contribution is 5.79. The van der Waals surface area contributed by atoms with Crippen LogP contribution in [0.3, 0.4) is 0 Å². The van der Waals surface area contributed by atoms with Crippen molar-refractivity contribution in [2.45, 2.75) is 19.1 Å². The second-order valence-corrected chi connectivity index (χ2v) is 6.01. The zero-order valence-corrected chi connectivity index (χ0v) is 13.6. The second kappa shape index (κ2) is 6.45. The maximum absolute atomic E-state index is 5.35. The second-order valence-electron chi connectivity index (χ2n) is 6.01. The molecule has 0 bridgehead atoms. The Kier molecular flexibility index (Phi) is 4.01. The molecule has 1 aromatic carbocycles. The van der Waals surface area contributed by atoms with E-state index in [1.54, 1.807) is 7.11 Å². The zero-order chi connectivity index (χ0) is 16.4. The van der Waals surface area contributed by atoms with Crippen molar-refractivity contribution in [1.82, 2.24) is 15.2 Å². The van der Waals surface area contributed by atoms with Gasteiger partial charge >= 0.3 is 0 Å². The molecule has 1 aromatic heterocycles. The molecule has 0 spiro atoms. The molecule has 0 saturated carbocycles. The van der Waals surface area contributed by atoms with Crippen molar-refractivity contribution < 1.29 is 4.74 Å². The predicted molar refractivity (Wildman–Crippen MR) is 94.6 cm³/mol. The topological polar surface area (TPSA) is 49.8 Å². The number of fused-ring (bicyclic) bond motifs is 1. The number of ether oxygens (including phenoxy) is 1. The van der Waals surface area contributed by atoms with Crippen molar-refractivity contribution in [3.05, 3.63) is 65.5 Å². The summed E-state index contributed by atoms with van der Waals surface area (Å²) in [7, 11) is 1.69. The van der Waals surface area contributed by atoms with Gasteiger partial charge in [-0.3, -0.25) is 9.88 Å². The zero-order valence-electron chi connectivity index (χ0n) is 13.6. The first kappa shape index (κ1) is 14.9. The van der Waals surface area contributed by atoms with E-state index in [9.17, 15) is 0 Å². The molecule has 5 nitrogen and oxygen atoms in total. The number of hydrogen-bond donors (Lipinski definition) is 1. The average molecular weight is 320 g/mol. The number of likely N-dealkylation sites (tertiary alicyclic amines) is 1. The molecule has 122 valence electrons. The molecule has 4 rings (SSSR count). The summed E-state index contributed by atoms with van der Waals surface area (Å²) in [6.07, 6.45) is 6.77. The van der Waals surface area contributed by atoms with Gasteiger partial charge in [0.15, 0.2) is 0 Å². The summed E-state index contributed by atoms with van der Waals surface area (Å²) in [6.45, 7) is 1.90. The summed E-state index contributed by atoms with van der Waals surface area (Å²) < 4.78 is 5.35. The number of nitrogens with one attached hydrogen (secondary N) is 1. The number of aliphatic imine (C=N–C) groups is 1. The summed E-state index contributed by atoms with van der Waals surface area (Å²) in [4.78, 5) is 11.2. The van der Waals surface area contributed by atoms with E-state index in [2.05, 4.69) is 32.3 Å². The fraction of sp³-hybridized carbons (Fsp3) is 0.263. The lowest BCUT2D eigenvalue weighted by Gasteiger charge is -2.28. The van der Waals surface area contributed by atoms with Crippen molar-refractivity contribution in [2.24, 2.45) is 4.99 Å². The summed E-state index contributed by atoms with van der Waals surface area (Å²) in [5, 5.41) is 3.40. The lowest BCUT2D eigenvalue weighted by molar-refractivity contribution is 0.248. The number of nitrogens with zero attached hydrogens (tertiary/aromatic N) is 3. The molecule has 1 saturated heterocycles. The van der Waals surface area contributed by atoms with Gasteiger partial charge in [0, 0.05) is 31.0 Å². The molecule has 1 N–H and O–H groups in total. The van der Waals surface area contributed by atoms with Crippen LogP contribution in [0.4, 0.5) is 0 Å². The average Bonchev–Trinajstić information content (AvgIpc) is 3.05. The molecule has 2 aliphatic rings. The Morgan fingerprint density at radius 2 is 2.25 bits per heavy atom. The summed E-state index contributed by atoms with van der Waals surface area (Å²) >= 11 is 0. The molecule has 2 aromatic rings. The minimum absolute atomic E-state index is 0.198. The van der Waals surface area contributed by atoms with Gasteiger partial charge in [0.25, 0.3) is 0 Å². The highest BCUT2D eigenvalue weighted by atomic mass is 16.5. The lowest BCUT2D eigenvalue weighted by atomic mass is 10.0. The smallest absolute Gasteiger partial charge is 0.119 e. The van der Waals surface area contributed by atoms with Crippen LogP contribution in [0.1, 0.15) is 17.5 Å². The van der Waals surface area contributed by atoms with E-state index in [1.165, 1.54) is 11.1 Å². The first-order valence-electron chi connectivity index (χ1n) is 8.14. The maximum atomic E-state index is 5.35. The Labute approximate surface area is 141 Å². The van der Waals surface area contributed by atoms with E-state index in [-0.39, 0.29) is 6.17 Å². The SMILES string of the molecule is COc1cccc(C2=C3CCN(Cc4cccnc4)C3NC=N2)c1. The lowest BCUT2D eigenvalue weighted by Crippen LogP contribution is -2.42. The number of methoxy groups -OCH3 is 1. The maximum Gasteiger partial charge on any atom is 0.119 e. The van der Waals surface area contributed by atoms with Gasteiger partial charge in [-0.15, -0.1) is 0 Å². The Morgan fingerprint density at radius 1 is 1.29 bits per heavy atom. The van der Waals surface area contributed by atoms with Crippen LogP contribution in [-0.4, -0.2) is 36.0 Å². The third kappa shape index (κ3) is 2.78. The highest BCUT2D eigenvalue weighted by Gasteiger charge is 2.33. The Balaban J connectivity index is 1.62. The Bertz CT molecular complexity index is 785. The summed E-state index contributed by atoms with van der Waals surface area (Å²) in [5.41, 5.74) is 4.74. The molecule has 0 amide bonds. The van der Waals surface area contributed by atoms with E-state index in [0.29, 0.717) is 0 Å². The highest BCUT2D eigenvalue weighted by Crippen LogP contribution is 2.34. The van der Waals surface area contributed by atoms with Gasteiger partial charge < -0.3 is 10.1 Å². The van der Waals surface area contributed by atoms with Crippen molar-refractivity contribution in [1.29, 1.82) is 0 Å². The molecular formula is C19H20N4O. The molecule has 0 radical (unpaired) electrons.